The lowest BCUT2D eigenvalue weighted by Crippen LogP contribution is -2.34. The second-order valence-corrected chi connectivity index (χ2v) is 10.4. The van der Waals surface area contributed by atoms with Crippen LogP contribution in [0.4, 0.5) is 0 Å². The molecule has 1 aliphatic rings. The van der Waals surface area contributed by atoms with Crippen LogP contribution >= 0.6 is 11.6 Å². The number of nitrogens with two attached hydrogens (primary N) is 1. The maximum Gasteiger partial charge on any atom is 0.251 e. The van der Waals surface area contributed by atoms with E-state index in [2.05, 4.69) is 0 Å². The van der Waals surface area contributed by atoms with E-state index in [4.69, 9.17) is 26.8 Å². The van der Waals surface area contributed by atoms with Gasteiger partial charge in [-0.3, -0.25) is 14.4 Å². The van der Waals surface area contributed by atoms with Crippen LogP contribution in [0, 0.1) is 0 Å². The zero-order valence-corrected chi connectivity index (χ0v) is 22.8. The number of carbonyl (C=O) groups excluding carboxylic acids is 2. The van der Waals surface area contributed by atoms with E-state index in [0.29, 0.717) is 23.4 Å². The molecule has 4 atom stereocenters. The molecule has 0 spiro atoms. The van der Waals surface area contributed by atoms with Crippen molar-refractivity contribution in [1.29, 1.82) is 0 Å². The van der Waals surface area contributed by atoms with E-state index in [-0.39, 0.29) is 36.1 Å². The fraction of sp³-hybridized carbons (Fsp3) is 0.367. The normalized spacial score (nSPS) is 18.4. The first-order valence-electron chi connectivity index (χ1n) is 12.7. The number of Topliss-reactive ketones (excluding diaryl/α,β-unsaturated/α-hetero) is 1. The number of rotatable bonds is 8. The van der Waals surface area contributed by atoms with E-state index < -0.39 is 11.9 Å². The predicted octanol–water partition coefficient (Wildman–Crippen LogP) is 5.07. The topological polar surface area (TPSA) is 101 Å². The van der Waals surface area contributed by atoms with Gasteiger partial charge in [-0.2, -0.15) is 0 Å². The first-order chi connectivity index (χ1) is 18.1. The van der Waals surface area contributed by atoms with Crippen molar-refractivity contribution in [2.45, 2.75) is 64.4 Å². The van der Waals surface area contributed by atoms with Gasteiger partial charge in [0.15, 0.2) is 5.78 Å². The van der Waals surface area contributed by atoms with Crippen LogP contribution in [0.5, 0.6) is 0 Å². The number of aromatic nitrogens is 1. The molecule has 2 aromatic carbocycles. The Bertz CT molecular complexity index is 1400. The predicted molar refractivity (Wildman–Crippen MR) is 148 cm³/mol. The van der Waals surface area contributed by atoms with Crippen molar-refractivity contribution >= 4 is 23.3 Å². The number of nitrogens with zero attached hydrogens (tertiary/aromatic N) is 1. The molecule has 0 unspecified atom stereocenters. The highest BCUT2D eigenvalue weighted by molar-refractivity contribution is 6.30. The summed E-state index contributed by atoms with van der Waals surface area (Å²) in [7, 11) is 1.58. The number of ether oxygens (including phenoxy) is 2. The Hall–Kier alpha value is -3.26. The molecule has 0 saturated heterocycles. The largest absolute Gasteiger partial charge is 0.382 e. The van der Waals surface area contributed by atoms with Crippen molar-refractivity contribution in [2.75, 3.05) is 7.11 Å². The molecule has 0 bridgehead atoms. The minimum absolute atomic E-state index is 0.0484. The van der Waals surface area contributed by atoms with Gasteiger partial charge < -0.3 is 19.8 Å². The number of methoxy groups -OCH3 is 1. The van der Waals surface area contributed by atoms with Crippen LogP contribution in [-0.2, 0) is 27.1 Å². The summed E-state index contributed by atoms with van der Waals surface area (Å²) in [5, 5.41) is 0.588. The summed E-state index contributed by atoms with van der Waals surface area (Å²) >= 11 is 6.35. The molecule has 1 aliphatic heterocycles. The Kier molecular flexibility index (Phi) is 8.51. The number of hydrogen-bond acceptors (Lipinski definition) is 5. The molecule has 4 rings (SSSR count). The molecule has 2 N–H and O–H groups in total. The number of amides is 1. The lowest BCUT2D eigenvalue weighted by atomic mass is 9.90. The monoisotopic (exact) mass is 536 g/mol. The molecule has 1 amide bonds. The first kappa shape index (κ1) is 27.8. The summed E-state index contributed by atoms with van der Waals surface area (Å²) in [5.74, 6) is -0.672. The molecular weight excluding hydrogens is 504 g/mol. The Morgan fingerprint density at radius 1 is 1.13 bits per heavy atom. The molecule has 2 heterocycles. The van der Waals surface area contributed by atoms with Crippen LogP contribution in [0.3, 0.4) is 0 Å². The average Bonchev–Trinajstić information content (AvgIpc) is 2.87. The maximum atomic E-state index is 13.6. The molecule has 200 valence electrons. The van der Waals surface area contributed by atoms with E-state index in [0.717, 1.165) is 27.8 Å². The second kappa shape index (κ2) is 11.6. The third kappa shape index (κ3) is 6.07. The van der Waals surface area contributed by atoms with Gasteiger partial charge >= 0.3 is 0 Å². The van der Waals surface area contributed by atoms with Gasteiger partial charge in [-0.05, 0) is 73.7 Å². The van der Waals surface area contributed by atoms with E-state index in [1.807, 2.05) is 39.0 Å². The van der Waals surface area contributed by atoms with Gasteiger partial charge in [0.2, 0.25) is 5.91 Å². The van der Waals surface area contributed by atoms with Crippen LogP contribution in [0.15, 0.2) is 59.5 Å². The number of fused-ring (bicyclic) bond motifs is 3. The van der Waals surface area contributed by atoms with E-state index >= 15 is 0 Å². The van der Waals surface area contributed by atoms with Crippen molar-refractivity contribution in [3.63, 3.8) is 0 Å². The third-order valence-corrected chi connectivity index (χ3v) is 7.37. The summed E-state index contributed by atoms with van der Waals surface area (Å²) in [6.07, 6.45) is 2.24. The number of pyridine rings is 1. The highest BCUT2D eigenvalue weighted by Gasteiger charge is 2.28. The van der Waals surface area contributed by atoms with Crippen molar-refractivity contribution in [2.24, 2.45) is 5.73 Å². The molecule has 0 saturated carbocycles. The SMILES string of the molecule is CO[C@@H](C)C[C@@H](C(=O)Cc1ccc(C(N)=O)cc1)n1cc2c(cc1=O)-c1cc(Cl)ccc1C[C@@H](C)O[C@H]2C. The first-order valence-corrected chi connectivity index (χ1v) is 13.1. The van der Waals surface area contributed by atoms with Crippen molar-refractivity contribution in [1.82, 2.24) is 4.57 Å². The molecule has 38 heavy (non-hydrogen) atoms. The highest BCUT2D eigenvalue weighted by atomic mass is 35.5. The fourth-order valence-corrected chi connectivity index (χ4v) is 5.21. The van der Waals surface area contributed by atoms with Crippen LogP contribution in [-0.4, -0.2) is 35.6 Å². The minimum Gasteiger partial charge on any atom is -0.382 e. The standard InChI is InChI=1S/C30H33ClN2O5/c1-17(37-4)12-27(28(34)13-20-5-7-21(8-6-20)30(32)36)33-16-26-19(3)38-18(2)11-22-9-10-23(31)14-24(22)25(26)15-29(33)35/h5-10,14-19,27H,11-13H2,1-4H3,(H2,32,36)/t17-,18+,19-,27-/m0/s1. The van der Waals surface area contributed by atoms with Gasteiger partial charge in [-0.15, -0.1) is 0 Å². The maximum absolute atomic E-state index is 13.6. The summed E-state index contributed by atoms with van der Waals surface area (Å²) in [6.45, 7) is 5.84. The van der Waals surface area contributed by atoms with E-state index in [1.54, 1.807) is 43.6 Å². The van der Waals surface area contributed by atoms with Gasteiger partial charge in [0.25, 0.3) is 5.56 Å². The van der Waals surface area contributed by atoms with Gasteiger partial charge in [0.05, 0.1) is 24.4 Å². The summed E-state index contributed by atoms with van der Waals surface area (Å²) < 4.78 is 13.2. The van der Waals surface area contributed by atoms with Gasteiger partial charge in [-0.25, -0.2) is 0 Å². The number of ketones is 1. The highest BCUT2D eigenvalue weighted by Crippen LogP contribution is 2.37. The van der Waals surface area contributed by atoms with E-state index in [1.165, 1.54) is 4.57 Å². The quantitative estimate of drug-likeness (QED) is 0.433. The summed E-state index contributed by atoms with van der Waals surface area (Å²) in [5.41, 5.74) is 9.66. The van der Waals surface area contributed by atoms with Crippen LogP contribution < -0.4 is 11.3 Å². The molecule has 0 aliphatic carbocycles. The van der Waals surface area contributed by atoms with Crippen LogP contribution in [0.1, 0.15) is 66.4 Å². The lowest BCUT2D eigenvalue weighted by molar-refractivity contribution is -0.122. The number of hydrogen-bond donors (Lipinski definition) is 1. The summed E-state index contributed by atoms with van der Waals surface area (Å²) in [6, 6.07) is 13.1. The molecule has 8 heteroatoms. The summed E-state index contributed by atoms with van der Waals surface area (Å²) in [4.78, 5) is 38.6. The van der Waals surface area contributed by atoms with Crippen LogP contribution in [0.2, 0.25) is 5.02 Å². The Morgan fingerprint density at radius 3 is 2.50 bits per heavy atom. The molecule has 3 aromatic rings. The van der Waals surface area contributed by atoms with E-state index in [9.17, 15) is 14.4 Å². The minimum atomic E-state index is -0.757. The van der Waals surface area contributed by atoms with Crippen molar-refractivity contribution in [3.05, 3.63) is 92.4 Å². The zero-order chi connectivity index (χ0) is 27.6. The molecular formula is C30H33ClN2O5. The third-order valence-electron chi connectivity index (χ3n) is 7.14. The van der Waals surface area contributed by atoms with Gasteiger partial charge in [0.1, 0.15) is 0 Å². The van der Waals surface area contributed by atoms with Crippen molar-refractivity contribution < 1.29 is 19.1 Å². The van der Waals surface area contributed by atoms with Crippen LogP contribution in [0.25, 0.3) is 11.1 Å². The van der Waals surface area contributed by atoms with Crippen molar-refractivity contribution in [3.8, 4) is 11.1 Å². The molecule has 7 nitrogen and oxygen atoms in total. The molecule has 1 aromatic heterocycles. The molecule has 0 radical (unpaired) electrons. The second-order valence-electron chi connectivity index (χ2n) is 9.98. The lowest BCUT2D eigenvalue weighted by Gasteiger charge is -2.29. The van der Waals surface area contributed by atoms with Gasteiger partial charge in [-0.1, -0.05) is 29.8 Å². The average molecular weight is 537 g/mol. The molecule has 0 fully saturated rings. The Labute approximate surface area is 227 Å². The zero-order valence-electron chi connectivity index (χ0n) is 22.1. The number of carbonyl (C=O) groups is 2. The fourth-order valence-electron chi connectivity index (χ4n) is 5.04. The smallest absolute Gasteiger partial charge is 0.251 e. The Balaban J connectivity index is 1.79. The Morgan fingerprint density at radius 2 is 1.84 bits per heavy atom. The van der Waals surface area contributed by atoms with Gasteiger partial charge in [0, 0.05) is 48.4 Å². The number of halogens is 1. The number of benzene rings is 2. The number of primary amides is 1.